The van der Waals surface area contributed by atoms with E-state index in [1.54, 1.807) is 24.3 Å². The molecule has 0 spiro atoms. The molecule has 4 rings (SSSR count). The summed E-state index contributed by atoms with van der Waals surface area (Å²) in [5, 5.41) is 0. The van der Waals surface area contributed by atoms with E-state index in [1.165, 1.54) is 6.42 Å². The highest BCUT2D eigenvalue weighted by atomic mass is 16.6. The van der Waals surface area contributed by atoms with Gasteiger partial charge >= 0.3 is 11.9 Å². The third-order valence-electron chi connectivity index (χ3n) is 2.89. The molecule has 0 N–H and O–H groups in total. The van der Waals surface area contributed by atoms with E-state index >= 15 is 0 Å². The third-order valence-corrected chi connectivity index (χ3v) is 2.89. The Morgan fingerprint density at radius 3 is 0.794 bits per heavy atom. The van der Waals surface area contributed by atoms with Gasteiger partial charge in [-0.2, -0.15) is 0 Å². The van der Waals surface area contributed by atoms with Crippen LogP contribution in [0.1, 0.15) is 96.4 Å². The number of rotatable bonds is 0. The van der Waals surface area contributed by atoms with E-state index in [2.05, 4.69) is 18.6 Å². The van der Waals surface area contributed by atoms with Crippen LogP contribution in [-0.2, 0) is 4.74 Å². The van der Waals surface area contributed by atoms with Crippen molar-refractivity contribution < 1.29 is 14.3 Å². The molecule has 34 heavy (non-hydrogen) atoms. The van der Waals surface area contributed by atoms with E-state index in [-0.39, 0.29) is 0 Å². The van der Waals surface area contributed by atoms with Crippen LogP contribution in [0.2, 0.25) is 0 Å². The smallest absolute Gasteiger partial charge is 0.346 e. The van der Waals surface area contributed by atoms with Crippen molar-refractivity contribution >= 4 is 11.9 Å². The summed E-state index contributed by atoms with van der Waals surface area (Å²) in [5.41, 5.74) is 0.718. The van der Waals surface area contributed by atoms with Crippen molar-refractivity contribution in [2.45, 2.75) is 75.7 Å². The highest BCUT2D eigenvalue weighted by Crippen LogP contribution is 2.18. The maximum atomic E-state index is 10.8. The second-order valence-electron chi connectivity index (χ2n) is 5.24. The van der Waals surface area contributed by atoms with E-state index in [9.17, 15) is 9.59 Å². The average molecular weight is 469 g/mol. The zero-order valence-electron chi connectivity index (χ0n) is 23.2. The van der Waals surface area contributed by atoms with E-state index < -0.39 is 11.9 Å². The summed E-state index contributed by atoms with van der Waals surface area (Å²) in [5.74, 6) is -1.10. The summed E-state index contributed by atoms with van der Waals surface area (Å²) in [7, 11) is 0. The Balaban J connectivity index is -0.000000171. The Hall–Kier alpha value is -3.20. The highest BCUT2D eigenvalue weighted by Gasteiger charge is 2.28. The first kappa shape index (κ1) is 38.1. The van der Waals surface area contributed by atoms with Gasteiger partial charge in [0.25, 0.3) is 0 Å². The van der Waals surface area contributed by atoms with Crippen LogP contribution in [0.4, 0.5) is 0 Å². The van der Waals surface area contributed by atoms with Gasteiger partial charge in [0.15, 0.2) is 0 Å². The van der Waals surface area contributed by atoms with Gasteiger partial charge in [0.2, 0.25) is 0 Å². The van der Waals surface area contributed by atoms with Crippen molar-refractivity contribution in [3.05, 3.63) is 108 Å². The minimum atomic E-state index is -0.550. The molecule has 3 nitrogen and oxygen atoms in total. The number of fused-ring (bicyclic) bond motifs is 1. The molecule has 0 unspecified atom stereocenters. The van der Waals surface area contributed by atoms with E-state index in [4.69, 9.17) is 0 Å². The molecule has 3 aromatic rings. The van der Waals surface area contributed by atoms with Crippen molar-refractivity contribution in [3.8, 4) is 0 Å². The number of ether oxygens (including phenoxy) is 1. The summed E-state index contributed by atoms with van der Waals surface area (Å²) in [6.07, 6.45) is 1.25. The Labute approximate surface area is 210 Å². The van der Waals surface area contributed by atoms with Crippen LogP contribution in [0.25, 0.3) is 0 Å². The van der Waals surface area contributed by atoms with Gasteiger partial charge in [0, 0.05) is 0 Å². The van der Waals surface area contributed by atoms with Crippen LogP contribution < -0.4 is 0 Å². The van der Waals surface area contributed by atoms with Crippen LogP contribution in [0, 0.1) is 0 Å². The van der Waals surface area contributed by atoms with Crippen LogP contribution >= 0.6 is 0 Å². The molecular formula is C31H48O3. The van der Waals surface area contributed by atoms with Crippen LogP contribution in [0.5, 0.6) is 0 Å². The van der Waals surface area contributed by atoms with Crippen LogP contribution in [-0.4, -0.2) is 11.9 Å². The number of cyclic esters (lactones) is 2. The zero-order valence-corrected chi connectivity index (χ0v) is 23.2. The van der Waals surface area contributed by atoms with Crippen molar-refractivity contribution in [3.63, 3.8) is 0 Å². The second kappa shape index (κ2) is 34.4. The minimum absolute atomic E-state index is 0.359. The fourth-order valence-electron chi connectivity index (χ4n) is 1.80. The first-order chi connectivity index (χ1) is 16.7. The maximum absolute atomic E-state index is 10.8. The Bertz CT molecular complexity index is 636. The number of benzene rings is 3. The first-order valence-corrected chi connectivity index (χ1v) is 12.6. The first-order valence-electron chi connectivity index (χ1n) is 12.6. The van der Waals surface area contributed by atoms with Gasteiger partial charge in [-0.3, -0.25) is 0 Å². The molecule has 0 saturated carbocycles. The number of carbonyl (C=O) groups is 2. The molecule has 0 radical (unpaired) electrons. The topological polar surface area (TPSA) is 43.4 Å². The predicted octanol–water partition coefficient (Wildman–Crippen LogP) is 9.89. The monoisotopic (exact) mass is 468 g/mol. The van der Waals surface area contributed by atoms with Gasteiger partial charge in [-0.15, -0.1) is 0 Å². The highest BCUT2D eigenvalue weighted by molar-refractivity contribution is 6.14. The molecule has 3 heteroatoms. The summed E-state index contributed by atoms with van der Waals surface area (Å²) in [6, 6.07) is 30.5. The zero-order chi connectivity index (χ0) is 27.0. The molecule has 0 atom stereocenters. The molecule has 3 aromatic carbocycles. The molecular weight excluding hydrogens is 420 g/mol. The molecule has 190 valence electrons. The summed E-state index contributed by atoms with van der Waals surface area (Å²) < 4.78 is 4.35. The van der Waals surface area contributed by atoms with E-state index in [0.29, 0.717) is 11.1 Å². The van der Waals surface area contributed by atoms with E-state index in [0.717, 1.165) is 0 Å². The van der Waals surface area contributed by atoms with Crippen LogP contribution in [0.3, 0.4) is 0 Å². The lowest BCUT2D eigenvalue weighted by atomic mass is 10.1. The van der Waals surface area contributed by atoms with Crippen molar-refractivity contribution in [1.29, 1.82) is 0 Å². The SMILES string of the molecule is CC.CC.CC.CC.CCC.O=C1OC(=O)c2ccccc21.c1ccccc1.c1ccccc1. The molecule has 0 amide bonds. The van der Waals surface area contributed by atoms with Gasteiger partial charge in [-0.1, -0.05) is 161 Å². The van der Waals surface area contributed by atoms with Crippen molar-refractivity contribution in [1.82, 2.24) is 0 Å². The molecule has 0 bridgehead atoms. The molecule has 0 saturated heterocycles. The number of esters is 2. The van der Waals surface area contributed by atoms with Crippen molar-refractivity contribution in [2.75, 3.05) is 0 Å². The van der Waals surface area contributed by atoms with Crippen LogP contribution in [0.15, 0.2) is 97.1 Å². The molecule has 1 heterocycles. The molecule has 1 aliphatic rings. The Kier molecular flexibility index (Phi) is 38.5. The Morgan fingerprint density at radius 1 is 0.441 bits per heavy atom. The lowest BCUT2D eigenvalue weighted by Gasteiger charge is -1.86. The standard InChI is InChI=1S/C8H4O3.2C6H6.C3H8.4C2H6/c9-7-5-3-1-2-4-6(5)8(10)11-7;2*1-2-4-6-5-3-1;1-3-2;4*1-2/h1-4H;2*1-6H;3H2,1-2H3;4*1-2H3. The Morgan fingerprint density at radius 2 is 0.618 bits per heavy atom. The maximum Gasteiger partial charge on any atom is 0.346 e. The van der Waals surface area contributed by atoms with E-state index in [1.807, 2.05) is 128 Å². The number of carbonyl (C=O) groups excluding carboxylic acids is 2. The van der Waals surface area contributed by atoms with Gasteiger partial charge < -0.3 is 4.74 Å². The average Bonchev–Trinajstić information content (AvgIpc) is 3.25. The lowest BCUT2D eigenvalue weighted by Crippen LogP contribution is -1.96. The number of hydrogen-bond donors (Lipinski definition) is 0. The van der Waals surface area contributed by atoms with Crippen molar-refractivity contribution in [2.24, 2.45) is 0 Å². The molecule has 0 fully saturated rings. The summed E-state index contributed by atoms with van der Waals surface area (Å²) >= 11 is 0. The summed E-state index contributed by atoms with van der Waals surface area (Å²) in [4.78, 5) is 21.7. The fourth-order valence-corrected chi connectivity index (χ4v) is 1.80. The van der Waals surface area contributed by atoms with Gasteiger partial charge in [0.05, 0.1) is 11.1 Å². The minimum Gasteiger partial charge on any atom is -0.386 e. The fraction of sp³-hybridized carbons (Fsp3) is 0.355. The molecule has 0 aromatic heterocycles. The lowest BCUT2D eigenvalue weighted by molar-refractivity contribution is 0.0443. The quantitative estimate of drug-likeness (QED) is 0.243. The normalized spacial score (nSPS) is 8.76. The third kappa shape index (κ3) is 22.0. The largest absolute Gasteiger partial charge is 0.386 e. The van der Waals surface area contributed by atoms with Gasteiger partial charge in [-0.25, -0.2) is 9.59 Å². The van der Waals surface area contributed by atoms with Gasteiger partial charge in [0.1, 0.15) is 0 Å². The molecule has 1 aliphatic heterocycles. The summed E-state index contributed by atoms with van der Waals surface area (Å²) in [6.45, 7) is 20.2. The molecule has 0 aliphatic carbocycles. The van der Waals surface area contributed by atoms with Gasteiger partial charge in [-0.05, 0) is 12.1 Å². The predicted molar refractivity (Wildman–Crippen MR) is 150 cm³/mol. The number of hydrogen-bond acceptors (Lipinski definition) is 3. The second-order valence-corrected chi connectivity index (χ2v) is 5.24.